The molecule has 0 saturated carbocycles. The molecule has 0 aliphatic rings. The first kappa shape index (κ1) is 13.1. The Morgan fingerprint density at radius 2 is 1.78 bits per heavy atom. The second-order valence-electron chi connectivity index (χ2n) is 3.89. The van der Waals surface area contributed by atoms with Gasteiger partial charge in [0.1, 0.15) is 11.6 Å². The van der Waals surface area contributed by atoms with Crippen molar-refractivity contribution in [3.63, 3.8) is 0 Å². The van der Waals surface area contributed by atoms with Gasteiger partial charge in [0.2, 0.25) is 0 Å². The third-order valence-electron chi connectivity index (χ3n) is 2.77. The maximum atomic E-state index is 13.7. The van der Waals surface area contributed by atoms with Crippen molar-refractivity contribution in [1.29, 1.82) is 0 Å². The summed E-state index contributed by atoms with van der Waals surface area (Å²) in [6.45, 7) is 0. The summed E-state index contributed by atoms with van der Waals surface area (Å²) in [7, 11) is 0. The van der Waals surface area contributed by atoms with Crippen LogP contribution in [0.25, 0.3) is 0 Å². The molecular formula is C14H13F2NS. The Hall–Kier alpha value is -1.39. The van der Waals surface area contributed by atoms with Crippen LogP contribution in [0.15, 0.2) is 47.4 Å². The highest BCUT2D eigenvalue weighted by atomic mass is 32.2. The van der Waals surface area contributed by atoms with E-state index in [1.54, 1.807) is 11.8 Å². The van der Waals surface area contributed by atoms with Crippen molar-refractivity contribution in [1.82, 2.24) is 0 Å². The topological polar surface area (TPSA) is 26.0 Å². The third-order valence-corrected chi connectivity index (χ3v) is 3.58. The zero-order valence-electron chi connectivity index (χ0n) is 9.86. The molecule has 1 nitrogen and oxygen atoms in total. The highest BCUT2D eigenvalue weighted by molar-refractivity contribution is 7.98. The molecule has 0 fully saturated rings. The number of thioether (sulfide) groups is 1. The highest BCUT2D eigenvalue weighted by Crippen LogP contribution is 2.29. The summed E-state index contributed by atoms with van der Waals surface area (Å²) in [4.78, 5) is 0.994. The van der Waals surface area contributed by atoms with Crippen LogP contribution >= 0.6 is 11.8 Å². The summed E-state index contributed by atoms with van der Waals surface area (Å²) in [5.41, 5.74) is 7.21. The molecule has 0 aliphatic heterocycles. The van der Waals surface area contributed by atoms with E-state index in [1.807, 2.05) is 30.5 Å². The van der Waals surface area contributed by atoms with E-state index in [2.05, 4.69) is 0 Å². The summed E-state index contributed by atoms with van der Waals surface area (Å²) in [5, 5.41) is 0. The van der Waals surface area contributed by atoms with Gasteiger partial charge in [-0.1, -0.05) is 24.3 Å². The molecule has 94 valence electrons. The van der Waals surface area contributed by atoms with Crippen molar-refractivity contribution < 1.29 is 8.78 Å². The summed E-state index contributed by atoms with van der Waals surface area (Å²) in [6.07, 6.45) is 1.94. The maximum absolute atomic E-state index is 13.7. The lowest BCUT2D eigenvalue weighted by atomic mass is 9.99. The lowest BCUT2D eigenvalue weighted by Crippen LogP contribution is -2.14. The molecule has 0 amide bonds. The Kier molecular flexibility index (Phi) is 3.99. The molecule has 4 heteroatoms. The molecule has 0 saturated heterocycles. The number of halogens is 2. The minimum atomic E-state index is -0.613. The minimum Gasteiger partial charge on any atom is -0.320 e. The van der Waals surface area contributed by atoms with Crippen molar-refractivity contribution in [2.45, 2.75) is 10.9 Å². The van der Waals surface area contributed by atoms with Crippen LogP contribution in [0.1, 0.15) is 17.2 Å². The van der Waals surface area contributed by atoms with Gasteiger partial charge in [-0.15, -0.1) is 11.8 Å². The first-order valence-electron chi connectivity index (χ1n) is 5.47. The molecule has 2 rings (SSSR count). The Morgan fingerprint density at radius 3 is 2.44 bits per heavy atom. The lowest BCUT2D eigenvalue weighted by molar-refractivity contribution is 0.565. The van der Waals surface area contributed by atoms with Gasteiger partial charge < -0.3 is 5.73 Å². The van der Waals surface area contributed by atoms with Crippen molar-refractivity contribution in [2.24, 2.45) is 5.73 Å². The molecule has 0 heterocycles. The largest absolute Gasteiger partial charge is 0.320 e. The summed E-state index contributed by atoms with van der Waals surface area (Å²) >= 11 is 1.55. The van der Waals surface area contributed by atoms with E-state index in [4.69, 9.17) is 5.73 Å². The normalized spacial score (nSPS) is 12.4. The van der Waals surface area contributed by atoms with Crippen molar-refractivity contribution in [3.8, 4) is 0 Å². The third kappa shape index (κ3) is 2.54. The number of hydrogen-bond acceptors (Lipinski definition) is 2. The predicted molar refractivity (Wildman–Crippen MR) is 70.6 cm³/mol. The van der Waals surface area contributed by atoms with Gasteiger partial charge in [-0.25, -0.2) is 8.78 Å². The summed E-state index contributed by atoms with van der Waals surface area (Å²) in [5.74, 6) is -1.21. The molecular weight excluding hydrogens is 252 g/mol. The van der Waals surface area contributed by atoms with Crippen LogP contribution < -0.4 is 5.73 Å². The quantitative estimate of drug-likeness (QED) is 0.856. The Bertz CT molecular complexity index is 557. The molecule has 0 radical (unpaired) electrons. The van der Waals surface area contributed by atoms with Crippen LogP contribution in [0.3, 0.4) is 0 Å². The summed E-state index contributed by atoms with van der Waals surface area (Å²) in [6, 6.07) is 10.4. The van der Waals surface area contributed by atoms with Gasteiger partial charge in [0.15, 0.2) is 0 Å². The van der Waals surface area contributed by atoms with Gasteiger partial charge in [0.05, 0.1) is 6.04 Å². The number of nitrogens with two attached hydrogens (primary N) is 1. The van der Waals surface area contributed by atoms with E-state index in [9.17, 15) is 8.78 Å². The van der Waals surface area contributed by atoms with Gasteiger partial charge in [-0.2, -0.15) is 0 Å². The Balaban J connectivity index is 2.44. The van der Waals surface area contributed by atoms with Crippen molar-refractivity contribution >= 4 is 11.8 Å². The van der Waals surface area contributed by atoms with Crippen LogP contribution in [-0.4, -0.2) is 6.26 Å². The SMILES string of the molecule is CSc1ccccc1C(N)c1ccc(F)cc1F. The number of rotatable bonds is 3. The Labute approximate surface area is 109 Å². The first-order chi connectivity index (χ1) is 8.63. The van der Waals surface area contributed by atoms with Crippen LogP contribution in [-0.2, 0) is 0 Å². The molecule has 18 heavy (non-hydrogen) atoms. The van der Waals surface area contributed by atoms with Crippen LogP contribution in [0.4, 0.5) is 8.78 Å². The van der Waals surface area contributed by atoms with E-state index in [0.29, 0.717) is 5.56 Å². The van der Waals surface area contributed by atoms with E-state index < -0.39 is 17.7 Å². The van der Waals surface area contributed by atoms with Gasteiger partial charge in [0, 0.05) is 16.5 Å². The van der Waals surface area contributed by atoms with Gasteiger partial charge >= 0.3 is 0 Å². The number of hydrogen-bond donors (Lipinski definition) is 1. The fourth-order valence-corrected chi connectivity index (χ4v) is 2.49. The molecule has 1 unspecified atom stereocenters. The zero-order valence-corrected chi connectivity index (χ0v) is 10.7. The first-order valence-corrected chi connectivity index (χ1v) is 6.69. The van der Waals surface area contributed by atoms with Crippen LogP contribution in [0, 0.1) is 11.6 Å². The molecule has 2 aromatic rings. The summed E-state index contributed by atoms with van der Waals surface area (Å²) < 4.78 is 26.6. The van der Waals surface area contributed by atoms with E-state index in [1.165, 1.54) is 12.1 Å². The average molecular weight is 265 g/mol. The fourth-order valence-electron chi connectivity index (χ4n) is 1.84. The smallest absolute Gasteiger partial charge is 0.131 e. The van der Waals surface area contributed by atoms with Gasteiger partial charge in [-0.05, 0) is 24.0 Å². The van der Waals surface area contributed by atoms with Crippen LogP contribution in [0.5, 0.6) is 0 Å². The number of benzene rings is 2. The van der Waals surface area contributed by atoms with E-state index in [-0.39, 0.29) is 0 Å². The molecule has 0 aliphatic carbocycles. The van der Waals surface area contributed by atoms with E-state index >= 15 is 0 Å². The fraction of sp³-hybridized carbons (Fsp3) is 0.143. The average Bonchev–Trinajstić information content (AvgIpc) is 2.38. The zero-order chi connectivity index (χ0) is 13.1. The van der Waals surface area contributed by atoms with Crippen molar-refractivity contribution in [3.05, 3.63) is 65.2 Å². The second-order valence-corrected chi connectivity index (χ2v) is 4.73. The van der Waals surface area contributed by atoms with E-state index in [0.717, 1.165) is 16.5 Å². The van der Waals surface area contributed by atoms with Gasteiger partial charge in [-0.3, -0.25) is 0 Å². The molecule has 0 bridgehead atoms. The molecule has 1 atom stereocenters. The molecule has 2 N–H and O–H groups in total. The Morgan fingerprint density at radius 1 is 1.06 bits per heavy atom. The second kappa shape index (κ2) is 5.50. The molecule has 2 aromatic carbocycles. The molecule has 0 aromatic heterocycles. The van der Waals surface area contributed by atoms with Crippen molar-refractivity contribution in [2.75, 3.05) is 6.26 Å². The minimum absolute atomic E-state index is 0.304. The highest BCUT2D eigenvalue weighted by Gasteiger charge is 2.16. The predicted octanol–water partition coefficient (Wildman–Crippen LogP) is 3.73. The van der Waals surface area contributed by atoms with Crippen LogP contribution in [0.2, 0.25) is 0 Å². The maximum Gasteiger partial charge on any atom is 0.131 e. The molecule has 0 spiro atoms. The van der Waals surface area contributed by atoms with Gasteiger partial charge in [0.25, 0.3) is 0 Å². The monoisotopic (exact) mass is 265 g/mol. The standard InChI is InChI=1S/C14H13F2NS/c1-18-13-5-3-2-4-11(13)14(17)10-7-6-9(15)8-12(10)16/h2-8,14H,17H2,1H3. The lowest BCUT2D eigenvalue weighted by Gasteiger charge is -2.16.